The van der Waals surface area contributed by atoms with Crippen molar-refractivity contribution < 1.29 is 17.9 Å². The molecule has 2 rings (SSSR count). The first-order valence-corrected chi connectivity index (χ1v) is 8.52. The van der Waals surface area contributed by atoms with Crippen molar-refractivity contribution in [2.75, 3.05) is 17.6 Å². The molecule has 2 heterocycles. The van der Waals surface area contributed by atoms with Gasteiger partial charge in [-0.1, -0.05) is 0 Å². The molecule has 0 atom stereocenters. The van der Waals surface area contributed by atoms with Crippen molar-refractivity contribution in [1.29, 1.82) is 0 Å². The van der Waals surface area contributed by atoms with Gasteiger partial charge >= 0.3 is 5.97 Å². The van der Waals surface area contributed by atoms with Crippen molar-refractivity contribution in [1.82, 2.24) is 9.55 Å². The first-order valence-electron chi connectivity index (χ1n) is 6.87. The first-order chi connectivity index (χ1) is 10.9. The van der Waals surface area contributed by atoms with Crippen molar-refractivity contribution >= 4 is 32.7 Å². The molecule has 2 aromatic rings. The SMILES string of the molecule is C#CCCCS(=O)(=O)Nc1c(C(=O)OC)n(C)c2ncccc12. The topological polar surface area (TPSA) is 90.3 Å². The fraction of sp³-hybridized carbons (Fsp3) is 0.333. The Hall–Kier alpha value is -2.53. The Balaban J connectivity index is 2.51. The number of esters is 1. The van der Waals surface area contributed by atoms with E-state index in [0.717, 1.165) is 0 Å². The van der Waals surface area contributed by atoms with Crippen molar-refractivity contribution in [3.63, 3.8) is 0 Å². The average Bonchev–Trinajstić information content (AvgIpc) is 2.79. The second-order valence-electron chi connectivity index (χ2n) is 4.88. The normalized spacial score (nSPS) is 11.2. The van der Waals surface area contributed by atoms with Gasteiger partial charge in [0.1, 0.15) is 5.65 Å². The van der Waals surface area contributed by atoms with E-state index in [0.29, 0.717) is 23.9 Å². The van der Waals surface area contributed by atoms with Gasteiger partial charge < -0.3 is 9.30 Å². The molecule has 0 bridgehead atoms. The zero-order valence-corrected chi connectivity index (χ0v) is 13.7. The monoisotopic (exact) mass is 335 g/mol. The maximum absolute atomic E-state index is 12.2. The van der Waals surface area contributed by atoms with Crippen molar-refractivity contribution in [3.8, 4) is 12.3 Å². The van der Waals surface area contributed by atoms with Gasteiger partial charge in [0.15, 0.2) is 5.69 Å². The van der Waals surface area contributed by atoms with E-state index in [1.54, 1.807) is 25.4 Å². The lowest BCUT2D eigenvalue weighted by Gasteiger charge is -2.09. The third-order valence-electron chi connectivity index (χ3n) is 3.32. The van der Waals surface area contributed by atoms with Crippen LogP contribution in [0.3, 0.4) is 0 Å². The molecule has 7 nitrogen and oxygen atoms in total. The largest absolute Gasteiger partial charge is 0.464 e. The molecular weight excluding hydrogens is 318 g/mol. The number of ether oxygens (including phenoxy) is 1. The van der Waals surface area contributed by atoms with Crippen molar-refractivity contribution in [3.05, 3.63) is 24.0 Å². The number of carbonyl (C=O) groups excluding carboxylic acids is 1. The highest BCUT2D eigenvalue weighted by Gasteiger charge is 2.25. The molecule has 0 amide bonds. The van der Waals surface area contributed by atoms with Gasteiger partial charge in [-0.25, -0.2) is 18.2 Å². The Morgan fingerprint density at radius 3 is 2.91 bits per heavy atom. The Morgan fingerprint density at radius 2 is 2.26 bits per heavy atom. The third kappa shape index (κ3) is 3.46. The molecule has 0 aliphatic carbocycles. The molecule has 0 aromatic carbocycles. The van der Waals surface area contributed by atoms with Crippen molar-refractivity contribution in [2.24, 2.45) is 7.05 Å². The average molecular weight is 335 g/mol. The lowest BCUT2D eigenvalue weighted by molar-refractivity contribution is 0.0591. The number of methoxy groups -OCH3 is 1. The number of aromatic nitrogens is 2. The number of pyridine rings is 1. The summed E-state index contributed by atoms with van der Waals surface area (Å²) in [6, 6.07) is 3.35. The molecule has 1 N–H and O–H groups in total. The number of hydrogen-bond donors (Lipinski definition) is 1. The van der Waals surface area contributed by atoms with Crippen molar-refractivity contribution in [2.45, 2.75) is 12.8 Å². The van der Waals surface area contributed by atoms with Crippen LogP contribution >= 0.6 is 0 Å². The predicted octanol–water partition coefficient (Wildman–Crippen LogP) is 1.51. The maximum atomic E-state index is 12.2. The van der Waals surface area contributed by atoms with E-state index >= 15 is 0 Å². The fourth-order valence-corrected chi connectivity index (χ4v) is 3.41. The summed E-state index contributed by atoms with van der Waals surface area (Å²) in [7, 11) is -0.786. The lowest BCUT2D eigenvalue weighted by Crippen LogP contribution is -2.19. The maximum Gasteiger partial charge on any atom is 0.356 e. The molecule has 0 aliphatic rings. The number of nitrogens with zero attached hydrogens (tertiary/aromatic N) is 2. The van der Waals surface area contributed by atoms with Crippen LogP contribution in [0.25, 0.3) is 11.0 Å². The molecule has 0 saturated carbocycles. The minimum absolute atomic E-state index is 0.0988. The van der Waals surface area contributed by atoms with Gasteiger partial charge in [-0.2, -0.15) is 0 Å². The minimum Gasteiger partial charge on any atom is -0.464 e. The van der Waals surface area contributed by atoms with Crippen LogP contribution < -0.4 is 4.72 Å². The molecule has 122 valence electrons. The van der Waals surface area contributed by atoms with Gasteiger partial charge in [0.05, 0.1) is 18.6 Å². The van der Waals surface area contributed by atoms with Crippen LogP contribution in [0.2, 0.25) is 0 Å². The summed E-state index contributed by atoms with van der Waals surface area (Å²) in [4.78, 5) is 16.2. The highest BCUT2D eigenvalue weighted by atomic mass is 32.2. The number of nitrogens with one attached hydrogen (secondary N) is 1. The summed E-state index contributed by atoms with van der Waals surface area (Å²) < 4.78 is 33.2. The number of unbranched alkanes of at least 4 members (excludes halogenated alkanes) is 1. The van der Waals surface area contributed by atoms with Gasteiger partial charge in [0, 0.05) is 25.1 Å². The van der Waals surface area contributed by atoms with Crippen LogP contribution in [-0.4, -0.2) is 36.8 Å². The van der Waals surface area contributed by atoms with E-state index in [1.165, 1.54) is 11.7 Å². The Kier molecular flexibility index (Phi) is 4.91. The number of carbonyl (C=O) groups is 1. The van der Waals surface area contributed by atoms with E-state index in [2.05, 4.69) is 15.6 Å². The summed E-state index contributed by atoms with van der Waals surface area (Å²) in [6.07, 6.45) is 7.39. The van der Waals surface area contributed by atoms with Gasteiger partial charge in [-0.3, -0.25) is 4.72 Å². The Bertz CT molecular complexity index is 878. The molecule has 0 saturated heterocycles. The predicted molar refractivity (Wildman–Crippen MR) is 87.5 cm³/mol. The van der Waals surface area contributed by atoms with E-state index in [9.17, 15) is 13.2 Å². The molecule has 0 radical (unpaired) electrons. The number of anilines is 1. The van der Waals surface area contributed by atoms with E-state index < -0.39 is 16.0 Å². The Morgan fingerprint density at radius 1 is 1.52 bits per heavy atom. The smallest absolute Gasteiger partial charge is 0.356 e. The first kappa shape index (κ1) is 16.8. The zero-order valence-electron chi connectivity index (χ0n) is 12.9. The zero-order chi connectivity index (χ0) is 17.0. The van der Waals surface area contributed by atoms with Crippen LogP contribution in [0.5, 0.6) is 0 Å². The van der Waals surface area contributed by atoms with Crippen LogP contribution in [0.1, 0.15) is 23.3 Å². The second-order valence-corrected chi connectivity index (χ2v) is 6.72. The molecule has 2 aromatic heterocycles. The molecule has 23 heavy (non-hydrogen) atoms. The highest BCUT2D eigenvalue weighted by Crippen LogP contribution is 2.30. The fourth-order valence-electron chi connectivity index (χ4n) is 2.27. The number of fused-ring (bicyclic) bond motifs is 1. The van der Waals surface area contributed by atoms with Crippen LogP contribution in [0.4, 0.5) is 5.69 Å². The van der Waals surface area contributed by atoms with Gasteiger partial charge in [0.25, 0.3) is 0 Å². The van der Waals surface area contributed by atoms with Crippen LogP contribution in [0.15, 0.2) is 18.3 Å². The van der Waals surface area contributed by atoms with E-state index in [1.807, 2.05) is 0 Å². The minimum atomic E-state index is -3.64. The third-order valence-corrected chi connectivity index (χ3v) is 4.66. The van der Waals surface area contributed by atoms with Gasteiger partial charge in [-0.05, 0) is 18.6 Å². The molecule has 0 aliphatic heterocycles. The molecular formula is C15H17N3O4S. The van der Waals surface area contributed by atoms with Crippen LogP contribution in [-0.2, 0) is 21.8 Å². The van der Waals surface area contributed by atoms with Crippen LogP contribution in [0, 0.1) is 12.3 Å². The van der Waals surface area contributed by atoms with E-state index in [-0.39, 0.29) is 17.1 Å². The molecule has 0 spiro atoms. The lowest BCUT2D eigenvalue weighted by atomic mass is 10.3. The summed E-state index contributed by atoms with van der Waals surface area (Å²) >= 11 is 0. The highest BCUT2D eigenvalue weighted by molar-refractivity contribution is 7.92. The summed E-state index contributed by atoms with van der Waals surface area (Å²) in [5.74, 6) is 1.62. The molecule has 0 fully saturated rings. The molecule has 0 unspecified atom stereocenters. The number of aryl methyl sites for hydroxylation is 1. The number of hydrogen-bond acceptors (Lipinski definition) is 5. The second kappa shape index (κ2) is 6.71. The molecule has 8 heteroatoms. The number of terminal acetylenes is 1. The van der Waals surface area contributed by atoms with Gasteiger partial charge in [0.2, 0.25) is 10.0 Å². The number of rotatable bonds is 6. The summed E-state index contributed by atoms with van der Waals surface area (Å²) in [6.45, 7) is 0. The number of sulfonamides is 1. The summed E-state index contributed by atoms with van der Waals surface area (Å²) in [5.41, 5.74) is 0.749. The quantitative estimate of drug-likeness (QED) is 0.491. The van der Waals surface area contributed by atoms with E-state index in [4.69, 9.17) is 11.2 Å². The summed E-state index contributed by atoms with van der Waals surface area (Å²) in [5, 5.41) is 0.524. The van der Waals surface area contributed by atoms with Gasteiger partial charge in [-0.15, -0.1) is 12.3 Å². The standard InChI is InChI=1S/C15H17N3O4S/c1-4-5-6-10-23(20,21)17-12-11-8-7-9-16-14(11)18(2)13(12)15(19)22-3/h1,7-9,17H,5-6,10H2,2-3H3. The Labute approximate surface area is 134 Å².